The summed E-state index contributed by atoms with van der Waals surface area (Å²) < 4.78 is 4.95. The topological polar surface area (TPSA) is 84.5 Å². The molecule has 0 fully saturated rings. The lowest BCUT2D eigenvalue weighted by Crippen LogP contribution is -2.30. The van der Waals surface area contributed by atoms with Crippen LogP contribution in [-0.2, 0) is 4.79 Å². The first-order valence-corrected chi connectivity index (χ1v) is 8.92. The summed E-state index contributed by atoms with van der Waals surface area (Å²) in [5.74, 6) is -0.778. The molecule has 27 heavy (non-hydrogen) atoms. The molecule has 2 rings (SSSR count). The Bertz CT molecular complexity index is 855. The summed E-state index contributed by atoms with van der Waals surface area (Å²) in [4.78, 5) is 35.2. The summed E-state index contributed by atoms with van der Waals surface area (Å²) >= 11 is 11.8. The predicted octanol–water partition coefficient (Wildman–Crippen LogP) is 3.47. The van der Waals surface area contributed by atoms with Crippen molar-refractivity contribution in [2.24, 2.45) is 0 Å². The molecule has 8 heteroatoms. The first kappa shape index (κ1) is 20.7. The Hall–Kier alpha value is -2.57. The molecule has 0 radical (unpaired) electrons. The minimum Gasteiger partial charge on any atom is -0.427 e. The Morgan fingerprint density at radius 2 is 1.67 bits per heavy atom. The van der Waals surface area contributed by atoms with Crippen molar-refractivity contribution in [3.05, 3.63) is 63.6 Å². The standard InChI is InChI=1S/C19H18Cl2N2O4/c1-12(24)27-15-5-2-4-13(10-15)18(25)22-8-3-9-23-19(26)16-11-14(20)6-7-17(16)21/h2,4-7,10-11H,3,8-9H2,1H3,(H,22,25)(H,23,26). The molecule has 2 aromatic rings. The Kier molecular flexibility index (Phi) is 7.64. The van der Waals surface area contributed by atoms with Gasteiger partial charge in [-0.3, -0.25) is 14.4 Å². The molecule has 0 aliphatic rings. The number of amides is 2. The second kappa shape index (κ2) is 9.94. The van der Waals surface area contributed by atoms with Gasteiger partial charge in [-0.05, 0) is 42.8 Å². The second-order valence-corrected chi connectivity index (χ2v) is 6.45. The van der Waals surface area contributed by atoms with Gasteiger partial charge in [-0.1, -0.05) is 29.3 Å². The van der Waals surface area contributed by atoms with Gasteiger partial charge >= 0.3 is 5.97 Å². The van der Waals surface area contributed by atoms with Gasteiger partial charge in [0.15, 0.2) is 0 Å². The van der Waals surface area contributed by atoms with Crippen LogP contribution in [0, 0.1) is 0 Å². The number of rotatable bonds is 7. The predicted molar refractivity (Wildman–Crippen MR) is 103 cm³/mol. The van der Waals surface area contributed by atoms with E-state index in [0.29, 0.717) is 46.4 Å². The Labute approximate surface area is 166 Å². The van der Waals surface area contributed by atoms with Gasteiger partial charge < -0.3 is 15.4 Å². The molecule has 0 aliphatic carbocycles. The van der Waals surface area contributed by atoms with Crippen LogP contribution in [0.3, 0.4) is 0 Å². The molecule has 6 nitrogen and oxygen atoms in total. The van der Waals surface area contributed by atoms with Gasteiger partial charge in [-0.15, -0.1) is 0 Å². The number of benzene rings is 2. The lowest BCUT2D eigenvalue weighted by atomic mass is 10.2. The van der Waals surface area contributed by atoms with Gasteiger partial charge in [0, 0.05) is 30.6 Å². The smallest absolute Gasteiger partial charge is 0.308 e. The molecule has 2 amide bonds. The zero-order chi connectivity index (χ0) is 19.8. The normalized spacial score (nSPS) is 10.2. The number of esters is 1. The molecule has 0 saturated heterocycles. The van der Waals surface area contributed by atoms with E-state index in [-0.39, 0.29) is 11.8 Å². The fourth-order valence-electron chi connectivity index (χ4n) is 2.23. The van der Waals surface area contributed by atoms with E-state index in [0.717, 1.165) is 0 Å². The maximum absolute atomic E-state index is 12.1. The Morgan fingerprint density at radius 1 is 0.963 bits per heavy atom. The molecule has 0 aromatic heterocycles. The summed E-state index contributed by atoms with van der Waals surface area (Å²) in [7, 11) is 0. The monoisotopic (exact) mass is 408 g/mol. The fourth-order valence-corrected chi connectivity index (χ4v) is 2.60. The van der Waals surface area contributed by atoms with Gasteiger partial charge in [-0.2, -0.15) is 0 Å². The number of carbonyl (C=O) groups is 3. The molecule has 0 unspecified atom stereocenters. The van der Waals surface area contributed by atoms with Crippen molar-refractivity contribution in [1.82, 2.24) is 10.6 Å². The van der Waals surface area contributed by atoms with Gasteiger partial charge in [0.1, 0.15) is 5.75 Å². The fraction of sp³-hybridized carbons (Fsp3) is 0.211. The number of hydrogen-bond donors (Lipinski definition) is 2. The molecule has 0 spiro atoms. The van der Waals surface area contributed by atoms with E-state index in [4.69, 9.17) is 27.9 Å². The van der Waals surface area contributed by atoms with Crippen LogP contribution in [0.15, 0.2) is 42.5 Å². The quantitative estimate of drug-likeness (QED) is 0.417. The lowest BCUT2D eigenvalue weighted by molar-refractivity contribution is -0.131. The minimum atomic E-state index is -0.455. The highest BCUT2D eigenvalue weighted by Gasteiger charge is 2.11. The van der Waals surface area contributed by atoms with Crippen LogP contribution in [0.1, 0.15) is 34.1 Å². The van der Waals surface area contributed by atoms with Crippen LogP contribution in [0.25, 0.3) is 0 Å². The highest BCUT2D eigenvalue weighted by Crippen LogP contribution is 2.20. The van der Waals surface area contributed by atoms with Crippen LogP contribution < -0.4 is 15.4 Å². The molecule has 2 N–H and O–H groups in total. The molecule has 142 valence electrons. The number of halogens is 2. The molecular formula is C19H18Cl2N2O4. The highest BCUT2D eigenvalue weighted by atomic mass is 35.5. The minimum absolute atomic E-state index is 0.298. The molecule has 0 aliphatic heterocycles. The van der Waals surface area contributed by atoms with Gasteiger partial charge in [-0.25, -0.2) is 0 Å². The first-order chi connectivity index (χ1) is 12.9. The average molecular weight is 409 g/mol. The van der Waals surface area contributed by atoms with E-state index in [1.807, 2.05) is 0 Å². The van der Waals surface area contributed by atoms with Gasteiger partial charge in [0.2, 0.25) is 0 Å². The van der Waals surface area contributed by atoms with Crippen LogP contribution in [0.5, 0.6) is 5.75 Å². The number of ether oxygens (including phenoxy) is 1. The van der Waals surface area contributed by atoms with Crippen molar-refractivity contribution in [2.75, 3.05) is 13.1 Å². The van der Waals surface area contributed by atoms with Crippen LogP contribution >= 0.6 is 23.2 Å². The SMILES string of the molecule is CC(=O)Oc1cccc(C(=O)NCCCNC(=O)c2cc(Cl)ccc2Cl)c1. The van der Waals surface area contributed by atoms with Crippen molar-refractivity contribution >= 4 is 41.0 Å². The van der Waals surface area contributed by atoms with E-state index in [9.17, 15) is 14.4 Å². The molecule has 2 aromatic carbocycles. The summed E-state index contributed by atoms with van der Waals surface area (Å²) in [5, 5.41) is 6.20. The number of hydrogen-bond acceptors (Lipinski definition) is 4. The molecule has 0 atom stereocenters. The maximum Gasteiger partial charge on any atom is 0.308 e. The van der Waals surface area contributed by atoms with Crippen molar-refractivity contribution in [3.8, 4) is 5.75 Å². The number of carbonyl (C=O) groups excluding carboxylic acids is 3. The van der Waals surface area contributed by atoms with Crippen LogP contribution in [0.2, 0.25) is 10.0 Å². The summed E-state index contributed by atoms with van der Waals surface area (Å²) in [6, 6.07) is 11.0. The van der Waals surface area contributed by atoms with E-state index in [1.165, 1.54) is 19.1 Å². The maximum atomic E-state index is 12.1. The Balaban J connectivity index is 1.76. The van der Waals surface area contributed by atoms with E-state index in [2.05, 4.69) is 10.6 Å². The molecule has 0 heterocycles. The second-order valence-electron chi connectivity index (χ2n) is 5.61. The van der Waals surface area contributed by atoms with E-state index in [1.54, 1.807) is 30.3 Å². The van der Waals surface area contributed by atoms with E-state index < -0.39 is 5.97 Å². The lowest BCUT2D eigenvalue weighted by Gasteiger charge is -2.09. The Morgan fingerprint density at radius 3 is 2.37 bits per heavy atom. The third kappa shape index (κ3) is 6.58. The van der Waals surface area contributed by atoms with Crippen molar-refractivity contribution in [2.45, 2.75) is 13.3 Å². The van der Waals surface area contributed by atoms with Crippen LogP contribution in [0.4, 0.5) is 0 Å². The third-order valence-electron chi connectivity index (χ3n) is 3.46. The largest absolute Gasteiger partial charge is 0.427 e. The molecule has 0 bridgehead atoms. The van der Waals surface area contributed by atoms with Crippen LogP contribution in [-0.4, -0.2) is 30.9 Å². The first-order valence-electron chi connectivity index (χ1n) is 8.17. The summed E-state index contributed by atoms with van der Waals surface area (Å²) in [6.45, 7) is 2.01. The molecular weight excluding hydrogens is 391 g/mol. The number of nitrogens with one attached hydrogen (secondary N) is 2. The zero-order valence-corrected chi connectivity index (χ0v) is 16.1. The van der Waals surface area contributed by atoms with Gasteiger partial charge in [0.25, 0.3) is 11.8 Å². The third-order valence-corrected chi connectivity index (χ3v) is 4.02. The van der Waals surface area contributed by atoms with Gasteiger partial charge in [0.05, 0.1) is 10.6 Å². The van der Waals surface area contributed by atoms with E-state index >= 15 is 0 Å². The van der Waals surface area contributed by atoms with Crippen molar-refractivity contribution < 1.29 is 19.1 Å². The average Bonchev–Trinajstić information content (AvgIpc) is 2.62. The van der Waals surface area contributed by atoms with Crippen molar-refractivity contribution in [3.63, 3.8) is 0 Å². The zero-order valence-electron chi connectivity index (χ0n) is 14.6. The highest BCUT2D eigenvalue weighted by molar-refractivity contribution is 6.35. The summed E-state index contributed by atoms with van der Waals surface area (Å²) in [5.41, 5.74) is 0.680. The van der Waals surface area contributed by atoms with Crippen molar-refractivity contribution in [1.29, 1.82) is 0 Å². The summed E-state index contributed by atoms with van der Waals surface area (Å²) in [6.07, 6.45) is 0.527. The molecule has 0 saturated carbocycles.